The molecule has 1 aromatic carbocycles. The monoisotopic (exact) mass is 310 g/mol. The molecule has 1 aromatic rings. The van der Waals surface area contributed by atoms with Gasteiger partial charge in [-0.3, -0.25) is 4.79 Å². The maximum absolute atomic E-state index is 12.2. The maximum Gasteiger partial charge on any atom is 0.223 e. The van der Waals surface area contributed by atoms with Crippen molar-refractivity contribution < 1.29 is 9.53 Å². The number of ether oxygens (including phenoxy) is 1. The number of benzene rings is 1. The second kappa shape index (κ2) is 7.78. The summed E-state index contributed by atoms with van der Waals surface area (Å²) in [4.78, 5) is 12.2. The van der Waals surface area contributed by atoms with Gasteiger partial charge >= 0.3 is 0 Å². The van der Waals surface area contributed by atoms with Crippen molar-refractivity contribution in [3.8, 4) is 0 Å². The molecule has 3 atom stereocenters. The largest absolute Gasteiger partial charge is 0.375 e. The molecule has 1 heterocycles. The number of nitrogens with one attached hydrogen (secondary N) is 2. The molecule has 5 heteroatoms. The molecule has 4 nitrogen and oxygen atoms in total. The van der Waals surface area contributed by atoms with Gasteiger partial charge in [-0.1, -0.05) is 23.7 Å². The van der Waals surface area contributed by atoms with Gasteiger partial charge in [0.05, 0.1) is 6.10 Å². The van der Waals surface area contributed by atoms with E-state index in [2.05, 4.69) is 17.6 Å². The average Bonchev–Trinajstić information content (AvgIpc) is 2.49. The third-order valence-electron chi connectivity index (χ3n) is 3.98. The van der Waals surface area contributed by atoms with Crippen LogP contribution in [0.25, 0.3) is 0 Å². The number of rotatable bonds is 5. The lowest BCUT2D eigenvalue weighted by atomic mass is 9.92. The molecule has 0 spiro atoms. The Morgan fingerprint density at radius 3 is 2.81 bits per heavy atom. The predicted octanol–water partition coefficient (Wildman–Crippen LogP) is 2.53. The van der Waals surface area contributed by atoms with E-state index in [4.69, 9.17) is 16.3 Å². The van der Waals surface area contributed by atoms with Gasteiger partial charge in [0.2, 0.25) is 5.91 Å². The molecule has 21 heavy (non-hydrogen) atoms. The highest BCUT2D eigenvalue weighted by Gasteiger charge is 2.25. The number of hydrogen-bond acceptors (Lipinski definition) is 3. The van der Waals surface area contributed by atoms with Crippen molar-refractivity contribution in [2.45, 2.75) is 31.9 Å². The van der Waals surface area contributed by atoms with Crippen LogP contribution in [0.4, 0.5) is 0 Å². The number of carbonyl (C=O) groups excluding carboxylic acids is 1. The summed E-state index contributed by atoms with van der Waals surface area (Å²) < 4.78 is 5.46. The van der Waals surface area contributed by atoms with Gasteiger partial charge in [0.1, 0.15) is 0 Å². The van der Waals surface area contributed by atoms with Gasteiger partial charge in [0.15, 0.2) is 0 Å². The fraction of sp³-hybridized carbons (Fsp3) is 0.562. The molecule has 2 rings (SSSR count). The molecule has 2 N–H and O–H groups in total. The third-order valence-corrected chi connectivity index (χ3v) is 4.23. The lowest BCUT2D eigenvalue weighted by molar-refractivity contribution is -0.126. The first-order chi connectivity index (χ1) is 10.1. The van der Waals surface area contributed by atoms with Gasteiger partial charge < -0.3 is 15.4 Å². The zero-order chi connectivity index (χ0) is 15.2. The minimum absolute atomic E-state index is 0.101. The normalized spacial score (nSPS) is 23.6. The van der Waals surface area contributed by atoms with Crippen molar-refractivity contribution in [1.29, 1.82) is 0 Å². The van der Waals surface area contributed by atoms with E-state index in [0.717, 1.165) is 24.9 Å². The summed E-state index contributed by atoms with van der Waals surface area (Å²) in [7, 11) is 1.65. The molecule has 1 aliphatic heterocycles. The lowest BCUT2D eigenvalue weighted by Gasteiger charge is -2.27. The first-order valence-electron chi connectivity index (χ1n) is 7.39. The van der Waals surface area contributed by atoms with Gasteiger partial charge in [-0.2, -0.15) is 0 Å². The first-order valence-corrected chi connectivity index (χ1v) is 7.77. The van der Waals surface area contributed by atoms with Crippen LogP contribution in [-0.4, -0.2) is 32.1 Å². The Balaban J connectivity index is 1.87. The number of methoxy groups -OCH3 is 1. The summed E-state index contributed by atoms with van der Waals surface area (Å²) in [6.07, 6.45) is 1.64. The molecule has 0 saturated carbocycles. The Hall–Kier alpha value is -1.10. The lowest BCUT2D eigenvalue weighted by Crippen LogP contribution is -2.43. The summed E-state index contributed by atoms with van der Waals surface area (Å²) in [5.74, 6) is 0.225. The van der Waals surface area contributed by atoms with Crippen LogP contribution in [0.1, 0.15) is 31.4 Å². The van der Waals surface area contributed by atoms with Crippen molar-refractivity contribution in [2.24, 2.45) is 5.92 Å². The minimum Gasteiger partial charge on any atom is -0.375 e. The van der Waals surface area contributed by atoms with Crippen LogP contribution in [0.3, 0.4) is 0 Å². The Morgan fingerprint density at radius 2 is 2.19 bits per heavy atom. The SMILES string of the molecule is COC(CNC(=O)[C@H]1CCN[C@@H](C)C1)c1ccc(Cl)cc1. The van der Waals surface area contributed by atoms with Crippen LogP contribution < -0.4 is 10.6 Å². The summed E-state index contributed by atoms with van der Waals surface area (Å²) in [6, 6.07) is 7.92. The van der Waals surface area contributed by atoms with Gasteiger partial charge in [-0.15, -0.1) is 0 Å². The van der Waals surface area contributed by atoms with E-state index in [1.807, 2.05) is 24.3 Å². The topological polar surface area (TPSA) is 50.4 Å². The van der Waals surface area contributed by atoms with E-state index >= 15 is 0 Å². The van der Waals surface area contributed by atoms with Crippen molar-refractivity contribution in [3.05, 3.63) is 34.9 Å². The van der Waals surface area contributed by atoms with Crippen molar-refractivity contribution in [1.82, 2.24) is 10.6 Å². The maximum atomic E-state index is 12.2. The first kappa shape index (κ1) is 16.3. The number of piperidine rings is 1. The van der Waals surface area contributed by atoms with E-state index in [1.165, 1.54) is 0 Å². The number of amides is 1. The molecule has 1 saturated heterocycles. The molecule has 1 amide bonds. The number of hydrogen-bond donors (Lipinski definition) is 2. The standard InChI is InChI=1S/C16H23ClN2O2/c1-11-9-13(7-8-18-11)16(20)19-10-15(21-2)12-3-5-14(17)6-4-12/h3-6,11,13,15,18H,7-10H2,1-2H3,(H,19,20)/t11-,13-,15?/m0/s1. The van der Waals surface area contributed by atoms with Crippen LogP contribution in [0.2, 0.25) is 5.02 Å². The number of halogens is 1. The van der Waals surface area contributed by atoms with Gasteiger partial charge in [0, 0.05) is 30.6 Å². The summed E-state index contributed by atoms with van der Waals surface area (Å²) in [6.45, 7) is 3.50. The zero-order valence-electron chi connectivity index (χ0n) is 12.6. The highest BCUT2D eigenvalue weighted by molar-refractivity contribution is 6.30. The van der Waals surface area contributed by atoms with Crippen LogP contribution >= 0.6 is 11.6 Å². The number of carbonyl (C=O) groups is 1. The van der Waals surface area contributed by atoms with Crippen molar-refractivity contribution >= 4 is 17.5 Å². The second-order valence-corrected chi connectivity index (χ2v) is 6.03. The summed E-state index contributed by atoms with van der Waals surface area (Å²) in [5.41, 5.74) is 1.01. The molecule has 0 bridgehead atoms. The van der Waals surface area contributed by atoms with Crippen LogP contribution in [0, 0.1) is 5.92 Å². The minimum atomic E-state index is -0.148. The molecular formula is C16H23ClN2O2. The Morgan fingerprint density at radius 1 is 1.48 bits per heavy atom. The molecule has 0 radical (unpaired) electrons. The Labute approximate surface area is 131 Å². The van der Waals surface area contributed by atoms with E-state index in [9.17, 15) is 4.79 Å². The Bertz CT molecular complexity index is 464. The predicted molar refractivity (Wildman–Crippen MR) is 84.4 cm³/mol. The average molecular weight is 311 g/mol. The highest BCUT2D eigenvalue weighted by Crippen LogP contribution is 2.20. The van der Waals surface area contributed by atoms with Crippen LogP contribution in [0.5, 0.6) is 0 Å². The van der Waals surface area contributed by atoms with Gasteiger partial charge in [-0.05, 0) is 44.0 Å². The molecule has 0 aliphatic carbocycles. The fourth-order valence-corrected chi connectivity index (χ4v) is 2.85. The molecule has 1 unspecified atom stereocenters. The van der Waals surface area contributed by atoms with Gasteiger partial charge in [-0.25, -0.2) is 0 Å². The molecular weight excluding hydrogens is 288 g/mol. The van der Waals surface area contributed by atoms with Crippen LogP contribution in [-0.2, 0) is 9.53 Å². The molecule has 0 aromatic heterocycles. The smallest absolute Gasteiger partial charge is 0.223 e. The summed E-state index contributed by atoms with van der Waals surface area (Å²) in [5, 5.41) is 7.06. The Kier molecular flexibility index (Phi) is 6.03. The summed E-state index contributed by atoms with van der Waals surface area (Å²) >= 11 is 5.89. The van der Waals surface area contributed by atoms with E-state index in [-0.39, 0.29) is 17.9 Å². The van der Waals surface area contributed by atoms with E-state index in [0.29, 0.717) is 17.6 Å². The molecule has 116 valence electrons. The molecule has 1 aliphatic rings. The van der Waals surface area contributed by atoms with Gasteiger partial charge in [0.25, 0.3) is 0 Å². The van der Waals surface area contributed by atoms with E-state index in [1.54, 1.807) is 7.11 Å². The molecule has 1 fully saturated rings. The third kappa shape index (κ3) is 4.70. The van der Waals surface area contributed by atoms with Crippen LogP contribution in [0.15, 0.2) is 24.3 Å². The fourth-order valence-electron chi connectivity index (χ4n) is 2.72. The van der Waals surface area contributed by atoms with Crippen molar-refractivity contribution in [3.63, 3.8) is 0 Å². The highest BCUT2D eigenvalue weighted by atomic mass is 35.5. The zero-order valence-corrected chi connectivity index (χ0v) is 13.3. The van der Waals surface area contributed by atoms with Crippen molar-refractivity contribution in [2.75, 3.05) is 20.2 Å². The quantitative estimate of drug-likeness (QED) is 0.878. The second-order valence-electron chi connectivity index (χ2n) is 5.60. The van der Waals surface area contributed by atoms with E-state index < -0.39 is 0 Å².